The van der Waals surface area contributed by atoms with Crippen LogP contribution >= 0.6 is 23.4 Å². The molecule has 0 spiro atoms. The predicted molar refractivity (Wildman–Crippen MR) is 73.9 cm³/mol. The first-order chi connectivity index (χ1) is 8.22. The summed E-state index contributed by atoms with van der Waals surface area (Å²) >= 11 is 7.41. The Labute approximate surface area is 112 Å². The minimum atomic E-state index is -0.410. The number of aliphatic hydroxyl groups is 1. The lowest BCUT2D eigenvalue weighted by Crippen LogP contribution is -2.18. The number of thioether (sulfide) groups is 1. The molecule has 0 aliphatic heterocycles. The molecule has 0 amide bonds. The SMILES string of the molecule is CCCCOCC(O)CSc1ccc(Cl)cc1. The Morgan fingerprint density at radius 2 is 2.06 bits per heavy atom. The lowest BCUT2D eigenvalue weighted by molar-refractivity contribution is 0.0473. The minimum Gasteiger partial charge on any atom is -0.390 e. The maximum absolute atomic E-state index is 9.69. The molecule has 1 unspecified atom stereocenters. The molecule has 0 bridgehead atoms. The van der Waals surface area contributed by atoms with Crippen molar-refractivity contribution in [1.82, 2.24) is 0 Å². The third-order valence-corrected chi connectivity index (χ3v) is 3.62. The summed E-state index contributed by atoms with van der Waals surface area (Å²) in [4.78, 5) is 1.11. The van der Waals surface area contributed by atoms with Gasteiger partial charge in [-0.2, -0.15) is 0 Å². The van der Waals surface area contributed by atoms with Crippen molar-refractivity contribution in [2.45, 2.75) is 30.8 Å². The first-order valence-electron chi connectivity index (χ1n) is 5.86. The van der Waals surface area contributed by atoms with E-state index in [1.54, 1.807) is 11.8 Å². The maximum atomic E-state index is 9.69. The smallest absolute Gasteiger partial charge is 0.0867 e. The molecule has 17 heavy (non-hydrogen) atoms. The Morgan fingerprint density at radius 1 is 1.35 bits per heavy atom. The van der Waals surface area contributed by atoms with Crippen LogP contribution in [-0.4, -0.2) is 30.2 Å². The lowest BCUT2D eigenvalue weighted by atomic mass is 10.3. The summed E-state index contributed by atoms with van der Waals surface area (Å²) in [5.74, 6) is 0.647. The van der Waals surface area contributed by atoms with Gasteiger partial charge in [-0.15, -0.1) is 11.8 Å². The van der Waals surface area contributed by atoms with Crippen molar-refractivity contribution in [1.29, 1.82) is 0 Å². The van der Waals surface area contributed by atoms with Gasteiger partial charge in [-0.05, 0) is 30.7 Å². The van der Waals surface area contributed by atoms with Crippen molar-refractivity contribution >= 4 is 23.4 Å². The zero-order valence-electron chi connectivity index (χ0n) is 10.1. The average molecular weight is 275 g/mol. The molecule has 1 N–H and O–H groups in total. The topological polar surface area (TPSA) is 29.5 Å². The Balaban J connectivity index is 2.14. The van der Waals surface area contributed by atoms with Crippen LogP contribution in [0.1, 0.15) is 19.8 Å². The van der Waals surface area contributed by atoms with Crippen LogP contribution in [-0.2, 0) is 4.74 Å². The standard InChI is InChI=1S/C13H19ClO2S/c1-2-3-8-16-9-12(15)10-17-13-6-4-11(14)5-7-13/h4-7,12,15H,2-3,8-10H2,1H3. The van der Waals surface area contributed by atoms with Crippen LogP contribution in [0, 0.1) is 0 Å². The molecule has 2 nitrogen and oxygen atoms in total. The third kappa shape index (κ3) is 6.94. The quantitative estimate of drug-likeness (QED) is 0.580. The average Bonchev–Trinajstić information content (AvgIpc) is 2.34. The number of aliphatic hydroxyl groups excluding tert-OH is 1. The van der Waals surface area contributed by atoms with E-state index in [-0.39, 0.29) is 0 Å². The van der Waals surface area contributed by atoms with Gasteiger partial charge >= 0.3 is 0 Å². The monoisotopic (exact) mass is 274 g/mol. The molecule has 0 saturated carbocycles. The van der Waals surface area contributed by atoms with E-state index in [1.807, 2.05) is 24.3 Å². The highest BCUT2D eigenvalue weighted by molar-refractivity contribution is 7.99. The number of hydrogen-bond donors (Lipinski definition) is 1. The number of ether oxygens (including phenoxy) is 1. The van der Waals surface area contributed by atoms with Gasteiger partial charge in [-0.3, -0.25) is 0 Å². The summed E-state index contributed by atoms with van der Waals surface area (Å²) in [5, 5.41) is 10.4. The Hall–Kier alpha value is -0.220. The largest absolute Gasteiger partial charge is 0.390 e. The van der Waals surface area contributed by atoms with E-state index >= 15 is 0 Å². The van der Waals surface area contributed by atoms with Gasteiger partial charge in [-0.1, -0.05) is 24.9 Å². The fourth-order valence-corrected chi connectivity index (χ4v) is 2.17. The summed E-state index contributed by atoms with van der Waals surface area (Å²) in [6.07, 6.45) is 1.76. The highest BCUT2D eigenvalue weighted by Gasteiger charge is 2.05. The number of unbranched alkanes of at least 4 members (excludes halogenated alkanes) is 1. The summed E-state index contributed by atoms with van der Waals surface area (Å²) < 4.78 is 5.36. The van der Waals surface area contributed by atoms with Crippen molar-refractivity contribution in [3.05, 3.63) is 29.3 Å². The van der Waals surface area contributed by atoms with Gasteiger partial charge < -0.3 is 9.84 Å². The lowest BCUT2D eigenvalue weighted by Gasteiger charge is -2.10. The summed E-state index contributed by atoms with van der Waals surface area (Å²) in [6, 6.07) is 7.62. The van der Waals surface area contributed by atoms with Gasteiger partial charge in [0.1, 0.15) is 0 Å². The van der Waals surface area contributed by atoms with Gasteiger partial charge in [0.05, 0.1) is 12.7 Å². The second-order valence-corrected chi connectivity index (χ2v) is 5.38. The van der Waals surface area contributed by atoms with E-state index in [1.165, 1.54) is 0 Å². The Kier molecular flexibility index (Phi) is 7.69. The van der Waals surface area contributed by atoms with E-state index in [2.05, 4.69) is 6.92 Å². The fourth-order valence-electron chi connectivity index (χ4n) is 1.24. The van der Waals surface area contributed by atoms with Crippen molar-refractivity contribution in [3.63, 3.8) is 0 Å². The highest BCUT2D eigenvalue weighted by atomic mass is 35.5. The van der Waals surface area contributed by atoms with Crippen LogP contribution in [0.25, 0.3) is 0 Å². The van der Waals surface area contributed by atoms with Crippen LogP contribution < -0.4 is 0 Å². The van der Waals surface area contributed by atoms with Gasteiger partial charge in [0.2, 0.25) is 0 Å². The van der Waals surface area contributed by atoms with E-state index in [0.717, 1.165) is 29.4 Å². The van der Waals surface area contributed by atoms with E-state index < -0.39 is 6.10 Å². The second-order valence-electron chi connectivity index (χ2n) is 3.85. The molecule has 0 fully saturated rings. The molecule has 4 heteroatoms. The Morgan fingerprint density at radius 3 is 2.71 bits per heavy atom. The third-order valence-electron chi connectivity index (χ3n) is 2.21. The molecule has 96 valence electrons. The summed E-state index contributed by atoms with van der Waals surface area (Å²) in [7, 11) is 0. The number of rotatable bonds is 8. The van der Waals surface area contributed by atoms with Gasteiger partial charge in [-0.25, -0.2) is 0 Å². The molecule has 0 radical (unpaired) electrons. The minimum absolute atomic E-state index is 0.410. The van der Waals surface area contributed by atoms with E-state index in [4.69, 9.17) is 16.3 Å². The van der Waals surface area contributed by atoms with Gasteiger partial charge in [0, 0.05) is 22.3 Å². The van der Waals surface area contributed by atoms with E-state index in [9.17, 15) is 5.11 Å². The molecule has 1 rings (SSSR count). The molecule has 0 aliphatic rings. The van der Waals surface area contributed by atoms with E-state index in [0.29, 0.717) is 12.4 Å². The molecular weight excluding hydrogens is 256 g/mol. The molecule has 0 aromatic heterocycles. The van der Waals surface area contributed by atoms with Crippen LogP contribution in [0.3, 0.4) is 0 Å². The number of benzene rings is 1. The normalized spacial score (nSPS) is 12.6. The van der Waals surface area contributed by atoms with Gasteiger partial charge in [0.15, 0.2) is 0 Å². The van der Waals surface area contributed by atoms with Gasteiger partial charge in [0.25, 0.3) is 0 Å². The maximum Gasteiger partial charge on any atom is 0.0867 e. The summed E-state index contributed by atoms with van der Waals surface area (Å²) in [6.45, 7) is 3.27. The van der Waals surface area contributed by atoms with Crippen LogP contribution in [0.2, 0.25) is 5.02 Å². The zero-order valence-corrected chi connectivity index (χ0v) is 11.6. The predicted octanol–water partition coefficient (Wildman–Crippen LogP) is 3.61. The Bertz CT molecular complexity index is 303. The van der Waals surface area contributed by atoms with Crippen LogP contribution in [0.4, 0.5) is 0 Å². The number of halogens is 1. The molecule has 1 atom stereocenters. The second kappa shape index (κ2) is 8.81. The highest BCUT2D eigenvalue weighted by Crippen LogP contribution is 2.20. The van der Waals surface area contributed by atoms with Crippen LogP contribution in [0.5, 0.6) is 0 Å². The summed E-state index contributed by atoms with van der Waals surface area (Å²) in [5.41, 5.74) is 0. The molecule has 1 aromatic carbocycles. The number of hydrogen-bond acceptors (Lipinski definition) is 3. The molecule has 1 aromatic rings. The van der Waals surface area contributed by atoms with Crippen molar-refractivity contribution in [2.75, 3.05) is 19.0 Å². The zero-order chi connectivity index (χ0) is 12.5. The molecular formula is C13H19ClO2S. The molecule has 0 saturated heterocycles. The molecule has 0 aliphatic carbocycles. The van der Waals surface area contributed by atoms with Crippen molar-refractivity contribution < 1.29 is 9.84 Å². The van der Waals surface area contributed by atoms with Crippen molar-refractivity contribution in [2.24, 2.45) is 0 Å². The van der Waals surface area contributed by atoms with Crippen LogP contribution in [0.15, 0.2) is 29.2 Å². The van der Waals surface area contributed by atoms with Crippen molar-refractivity contribution in [3.8, 4) is 0 Å². The fraction of sp³-hybridized carbons (Fsp3) is 0.538. The first kappa shape index (κ1) is 14.8. The molecule has 0 heterocycles. The first-order valence-corrected chi connectivity index (χ1v) is 7.23.